The molecule has 0 unspecified atom stereocenters. The first-order chi connectivity index (χ1) is 6.81. The Morgan fingerprint density at radius 1 is 1.21 bits per heavy atom. The highest BCUT2D eigenvalue weighted by Gasteiger charge is 2.30. The average molecular weight is 196 g/mol. The molecule has 4 nitrogen and oxygen atoms in total. The van der Waals surface area contributed by atoms with E-state index in [1.807, 2.05) is 4.90 Å². The third kappa shape index (κ3) is 1.74. The summed E-state index contributed by atoms with van der Waals surface area (Å²) in [5, 5.41) is 0. The van der Waals surface area contributed by atoms with E-state index in [9.17, 15) is 9.59 Å². The van der Waals surface area contributed by atoms with Gasteiger partial charge in [-0.25, -0.2) is 0 Å². The van der Waals surface area contributed by atoms with Gasteiger partial charge < -0.3 is 9.80 Å². The SMILES string of the molecule is O=CN1CCC(N2CCCC2=O)CC1. The Hall–Kier alpha value is -1.06. The minimum atomic E-state index is 0.301. The number of amides is 2. The number of carbonyl (C=O) groups is 2. The molecule has 2 aliphatic heterocycles. The van der Waals surface area contributed by atoms with Crippen molar-refractivity contribution >= 4 is 12.3 Å². The van der Waals surface area contributed by atoms with Gasteiger partial charge in [-0.05, 0) is 19.3 Å². The van der Waals surface area contributed by atoms with Crippen LogP contribution in [0, 0.1) is 0 Å². The molecular weight excluding hydrogens is 180 g/mol. The fourth-order valence-electron chi connectivity index (χ4n) is 2.36. The molecule has 0 aromatic carbocycles. The lowest BCUT2D eigenvalue weighted by atomic mass is 10.0. The normalized spacial score (nSPS) is 24.4. The highest BCUT2D eigenvalue weighted by atomic mass is 16.2. The van der Waals surface area contributed by atoms with Gasteiger partial charge in [-0.3, -0.25) is 9.59 Å². The minimum absolute atomic E-state index is 0.301. The zero-order valence-electron chi connectivity index (χ0n) is 8.32. The van der Waals surface area contributed by atoms with Crippen molar-refractivity contribution in [2.24, 2.45) is 0 Å². The molecule has 0 aromatic rings. The van der Waals surface area contributed by atoms with Gasteiger partial charge in [0.2, 0.25) is 12.3 Å². The zero-order valence-corrected chi connectivity index (χ0v) is 8.32. The van der Waals surface area contributed by atoms with E-state index in [-0.39, 0.29) is 0 Å². The number of nitrogens with zero attached hydrogens (tertiary/aromatic N) is 2. The van der Waals surface area contributed by atoms with Gasteiger partial charge in [0.25, 0.3) is 0 Å². The van der Waals surface area contributed by atoms with Gasteiger partial charge in [0.1, 0.15) is 0 Å². The standard InChI is InChI=1S/C10H16N2O2/c13-8-11-6-3-9(4-7-11)12-5-1-2-10(12)14/h8-9H,1-7H2. The lowest BCUT2D eigenvalue weighted by Crippen LogP contribution is -2.44. The van der Waals surface area contributed by atoms with Crippen LogP contribution in [-0.2, 0) is 9.59 Å². The number of likely N-dealkylation sites (tertiary alicyclic amines) is 2. The Bertz CT molecular complexity index is 234. The first-order valence-electron chi connectivity index (χ1n) is 5.30. The van der Waals surface area contributed by atoms with Gasteiger partial charge in [0, 0.05) is 32.1 Å². The van der Waals surface area contributed by atoms with Gasteiger partial charge in [-0.1, -0.05) is 0 Å². The number of hydrogen-bond acceptors (Lipinski definition) is 2. The van der Waals surface area contributed by atoms with Gasteiger partial charge in [-0.2, -0.15) is 0 Å². The van der Waals surface area contributed by atoms with Crippen LogP contribution in [0.5, 0.6) is 0 Å². The summed E-state index contributed by atoms with van der Waals surface area (Å²) >= 11 is 0. The van der Waals surface area contributed by atoms with Crippen molar-refractivity contribution in [1.82, 2.24) is 9.80 Å². The molecule has 2 amide bonds. The highest BCUT2D eigenvalue weighted by molar-refractivity contribution is 5.78. The summed E-state index contributed by atoms with van der Waals surface area (Å²) in [5.74, 6) is 0.301. The van der Waals surface area contributed by atoms with Crippen LogP contribution in [0.15, 0.2) is 0 Å². The lowest BCUT2D eigenvalue weighted by molar-refractivity contribution is -0.130. The van der Waals surface area contributed by atoms with Crippen LogP contribution in [0.2, 0.25) is 0 Å². The van der Waals surface area contributed by atoms with Crippen LogP contribution in [-0.4, -0.2) is 47.8 Å². The van der Waals surface area contributed by atoms with Gasteiger partial charge >= 0.3 is 0 Å². The minimum Gasteiger partial charge on any atom is -0.345 e. The van der Waals surface area contributed by atoms with Crippen molar-refractivity contribution in [3.63, 3.8) is 0 Å². The van der Waals surface area contributed by atoms with E-state index >= 15 is 0 Å². The quantitative estimate of drug-likeness (QED) is 0.593. The number of piperidine rings is 1. The fourth-order valence-corrected chi connectivity index (χ4v) is 2.36. The Labute approximate surface area is 83.9 Å². The molecule has 2 saturated heterocycles. The summed E-state index contributed by atoms with van der Waals surface area (Å²) in [6, 6.07) is 0.390. The van der Waals surface area contributed by atoms with Crippen LogP contribution < -0.4 is 0 Å². The monoisotopic (exact) mass is 196 g/mol. The maximum Gasteiger partial charge on any atom is 0.222 e. The van der Waals surface area contributed by atoms with Crippen LogP contribution in [0.4, 0.5) is 0 Å². The van der Waals surface area contributed by atoms with Crippen molar-refractivity contribution in [2.45, 2.75) is 31.7 Å². The molecule has 2 rings (SSSR count). The molecule has 2 aliphatic rings. The van der Waals surface area contributed by atoms with E-state index in [2.05, 4.69) is 0 Å². The molecule has 2 heterocycles. The first kappa shape index (κ1) is 9.49. The van der Waals surface area contributed by atoms with Crippen LogP contribution in [0.3, 0.4) is 0 Å². The molecule has 0 N–H and O–H groups in total. The second-order valence-electron chi connectivity index (χ2n) is 4.06. The summed E-state index contributed by atoms with van der Waals surface area (Å²) in [6.07, 6.45) is 4.53. The van der Waals surface area contributed by atoms with E-state index in [0.29, 0.717) is 18.4 Å². The Morgan fingerprint density at radius 3 is 2.43 bits per heavy atom. The number of carbonyl (C=O) groups excluding carboxylic acids is 2. The topological polar surface area (TPSA) is 40.6 Å². The first-order valence-corrected chi connectivity index (χ1v) is 5.30. The van der Waals surface area contributed by atoms with Crippen molar-refractivity contribution < 1.29 is 9.59 Å². The molecule has 14 heavy (non-hydrogen) atoms. The molecule has 4 heteroatoms. The van der Waals surface area contributed by atoms with Gasteiger partial charge in [0.15, 0.2) is 0 Å². The third-order valence-electron chi connectivity index (χ3n) is 3.20. The lowest BCUT2D eigenvalue weighted by Gasteiger charge is -2.35. The second kappa shape index (κ2) is 3.98. The molecule has 0 aliphatic carbocycles. The Morgan fingerprint density at radius 2 is 1.93 bits per heavy atom. The Kier molecular flexibility index (Phi) is 2.70. The summed E-state index contributed by atoms with van der Waals surface area (Å²) in [5.41, 5.74) is 0. The van der Waals surface area contributed by atoms with Crippen LogP contribution >= 0.6 is 0 Å². The van der Waals surface area contributed by atoms with E-state index in [1.54, 1.807) is 4.90 Å². The van der Waals surface area contributed by atoms with Crippen LogP contribution in [0.1, 0.15) is 25.7 Å². The third-order valence-corrected chi connectivity index (χ3v) is 3.20. The van der Waals surface area contributed by atoms with Gasteiger partial charge in [-0.15, -0.1) is 0 Å². The molecular formula is C10H16N2O2. The predicted octanol–water partition coefficient (Wildman–Crippen LogP) is 0.230. The molecule has 0 radical (unpaired) electrons. The van der Waals surface area contributed by atoms with Gasteiger partial charge in [0.05, 0.1) is 0 Å². The highest BCUT2D eigenvalue weighted by Crippen LogP contribution is 2.21. The average Bonchev–Trinajstić information content (AvgIpc) is 2.65. The molecule has 0 spiro atoms. The number of hydrogen-bond donors (Lipinski definition) is 0. The molecule has 78 valence electrons. The molecule has 2 fully saturated rings. The molecule has 0 saturated carbocycles. The second-order valence-corrected chi connectivity index (χ2v) is 4.06. The molecule has 0 bridgehead atoms. The van der Waals surface area contributed by atoms with Crippen molar-refractivity contribution in [3.8, 4) is 0 Å². The van der Waals surface area contributed by atoms with E-state index < -0.39 is 0 Å². The summed E-state index contributed by atoms with van der Waals surface area (Å²) < 4.78 is 0. The largest absolute Gasteiger partial charge is 0.345 e. The molecule has 0 aromatic heterocycles. The fraction of sp³-hybridized carbons (Fsp3) is 0.800. The van der Waals surface area contributed by atoms with Crippen LogP contribution in [0.25, 0.3) is 0 Å². The van der Waals surface area contributed by atoms with Crippen molar-refractivity contribution in [1.29, 1.82) is 0 Å². The van der Waals surface area contributed by atoms with E-state index in [4.69, 9.17) is 0 Å². The summed E-state index contributed by atoms with van der Waals surface area (Å²) in [4.78, 5) is 25.8. The van der Waals surface area contributed by atoms with Crippen molar-refractivity contribution in [2.75, 3.05) is 19.6 Å². The van der Waals surface area contributed by atoms with Crippen molar-refractivity contribution in [3.05, 3.63) is 0 Å². The maximum atomic E-state index is 11.5. The van der Waals surface area contributed by atoms with E-state index in [1.165, 1.54) is 0 Å². The Balaban J connectivity index is 1.88. The smallest absolute Gasteiger partial charge is 0.222 e. The number of rotatable bonds is 2. The summed E-state index contributed by atoms with van der Waals surface area (Å²) in [6.45, 7) is 2.53. The molecule has 0 atom stereocenters. The summed E-state index contributed by atoms with van der Waals surface area (Å²) in [7, 11) is 0. The zero-order chi connectivity index (χ0) is 9.97. The van der Waals surface area contributed by atoms with E-state index in [0.717, 1.165) is 45.3 Å². The maximum absolute atomic E-state index is 11.5. The predicted molar refractivity (Wildman–Crippen MR) is 51.6 cm³/mol.